The van der Waals surface area contributed by atoms with Crippen molar-refractivity contribution in [2.75, 3.05) is 13.2 Å². The van der Waals surface area contributed by atoms with Crippen LogP contribution in [0.2, 0.25) is 0 Å². The van der Waals surface area contributed by atoms with Gasteiger partial charge in [0, 0.05) is 12.5 Å². The molecule has 94 valence electrons. The van der Waals surface area contributed by atoms with Crippen LogP contribution in [0.15, 0.2) is 30.3 Å². The molecule has 0 bridgehead atoms. The summed E-state index contributed by atoms with van der Waals surface area (Å²) >= 11 is 0. The molecule has 0 aromatic heterocycles. The molecule has 1 fully saturated rings. The molecule has 1 heterocycles. The van der Waals surface area contributed by atoms with Crippen molar-refractivity contribution < 1.29 is 9.84 Å². The summed E-state index contributed by atoms with van der Waals surface area (Å²) in [5.41, 5.74) is 1.34. The van der Waals surface area contributed by atoms with E-state index < -0.39 is 0 Å². The van der Waals surface area contributed by atoms with Crippen LogP contribution in [-0.2, 0) is 4.74 Å². The lowest BCUT2D eigenvalue weighted by Crippen LogP contribution is -2.34. The third-order valence-electron chi connectivity index (χ3n) is 3.70. The van der Waals surface area contributed by atoms with Gasteiger partial charge in [-0.2, -0.15) is 0 Å². The van der Waals surface area contributed by atoms with Crippen LogP contribution in [0.3, 0.4) is 0 Å². The van der Waals surface area contributed by atoms with E-state index in [4.69, 9.17) is 4.74 Å². The van der Waals surface area contributed by atoms with Crippen LogP contribution < -0.4 is 0 Å². The van der Waals surface area contributed by atoms with Gasteiger partial charge in [0.25, 0.3) is 0 Å². The summed E-state index contributed by atoms with van der Waals surface area (Å²) in [6, 6.07) is 10.5. The molecule has 0 radical (unpaired) electrons. The first-order chi connectivity index (χ1) is 8.35. The molecule has 17 heavy (non-hydrogen) atoms. The van der Waals surface area contributed by atoms with Gasteiger partial charge in [0.05, 0.1) is 12.7 Å². The zero-order valence-electron chi connectivity index (χ0n) is 10.5. The predicted molar refractivity (Wildman–Crippen MR) is 69.0 cm³/mol. The van der Waals surface area contributed by atoms with Crippen molar-refractivity contribution in [1.29, 1.82) is 0 Å². The molecule has 1 aliphatic rings. The van der Waals surface area contributed by atoms with Crippen molar-refractivity contribution >= 4 is 0 Å². The van der Waals surface area contributed by atoms with Gasteiger partial charge in [-0.05, 0) is 24.3 Å². The summed E-state index contributed by atoms with van der Waals surface area (Å²) in [7, 11) is 0. The number of aliphatic hydroxyl groups excluding tert-OH is 1. The fourth-order valence-electron chi connectivity index (χ4n) is 2.73. The third-order valence-corrected chi connectivity index (χ3v) is 3.70. The van der Waals surface area contributed by atoms with Gasteiger partial charge in [0.15, 0.2) is 0 Å². The molecule has 1 N–H and O–H groups in total. The normalized spacial score (nSPS) is 29.2. The van der Waals surface area contributed by atoms with Crippen LogP contribution in [-0.4, -0.2) is 24.4 Å². The monoisotopic (exact) mass is 234 g/mol. The summed E-state index contributed by atoms with van der Waals surface area (Å²) in [6.07, 6.45) is 3.70. The number of hydrogen-bond acceptors (Lipinski definition) is 2. The van der Waals surface area contributed by atoms with E-state index in [1.165, 1.54) is 5.56 Å². The van der Waals surface area contributed by atoms with Gasteiger partial charge in [-0.15, -0.1) is 0 Å². The minimum atomic E-state index is 0.221. The molecule has 0 unspecified atom stereocenters. The molecule has 2 nitrogen and oxygen atoms in total. The topological polar surface area (TPSA) is 29.5 Å². The lowest BCUT2D eigenvalue weighted by molar-refractivity contribution is -0.0453. The Morgan fingerprint density at radius 2 is 2.06 bits per heavy atom. The Morgan fingerprint density at radius 3 is 2.71 bits per heavy atom. The van der Waals surface area contributed by atoms with E-state index in [0.717, 1.165) is 19.3 Å². The second-order valence-corrected chi connectivity index (χ2v) is 4.94. The van der Waals surface area contributed by atoms with Gasteiger partial charge in [-0.1, -0.05) is 43.7 Å². The van der Waals surface area contributed by atoms with E-state index in [2.05, 4.69) is 31.2 Å². The predicted octanol–water partition coefficient (Wildman–Crippen LogP) is 2.97. The van der Waals surface area contributed by atoms with Crippen LogP contribution in [0.4, 0.5) is 0 Å². The van der Waals surface area contributed by atoms with Crippen molar-refractivity contribution in [3.63, 3.8) is 0 Å². The Hall–Kier alpha value is -0.860. The van der Waals surface area contributed by atoms with Gasteiger partial charge in [-0.25, -0.2) is 0 Å². The highest BCUT2D eigenvalue weighted by atomic mass is 16.5. The highest BCUT2D eigenvalue weighted by Crippen LogP contribution is 2.35. The van der Waals surface area contributed by atoms with Crippen LogP contribution in [0.5, 0.6) is 0 Å². The number of hydrogen-bond donors (Lipinski definition) is 1. The lowest BCUT2D eigenvalue weighted by Gasteiger charge is -2.35. The maximum absolute atomic E-state index is 9.46. The zero-order valence-corrected chi connectivity index (χ0v) is 10.5. The Balaban J connectivity index is 2.10. The Bertz CT molecular complexity index is 323. The summed E-state index contributed by atoms with van der Waals surface area (Å²) < 4.78 is 5.81. The third kappa shape index (κ3) is 3.08. The van der Waals surface area contributed by atoms with E-state index in [1.807, 2.05) is 6.07 Å². The first kappa shape index (κ1) is 12.6. The van der Waals surface area contributed by atoms with Gasteiger partial charge in [0.1, 0.15) is 0 Å². The summed E-state index contributed by atoms with van der Waals surface area (Å²) in [6.45, 7) is 3.11. The molecule has 2 rings (SSSR count). The van der Waals surface area contributed by atoms with E-state index in [9.17, 15) is 5.11 Å². The fraction of sp³-hybridized carbons (Fsp3) is 0.600. The second-order valence-electron chi connectivity index (χ2n) is 4.94. The maximum Gasteiger partial charge on any atom is 0.0581 e. The molecule has 0 spiro atoms. The molecule has 1 aliphatic heterocycles. The molecule has 2 heteroatoms. The quantitative estimate of drug-likeness (QED) is 0.868. The molecule has 0 amide bonds. The fourth-order valence-corrected chi connectivity index (χ4v) is 2.73. The smallest absolute Gasteiger partial charge is 0.0581 e. The highest BCUT2D eigenvalue weighted by Gasteiger charge is 2.31. The van der Waals surface area contributed by atoms with Crippen LogP contribution in [0.1, 0.15) is 37.7 Å². The lowest BCUT2D eigenvalue weighted by atomic mass is 9.80. The Morgan fingerprint density at radius 1 is 1.29 bits per heavy atom. The highest BCUT2D eigenvalue weighted by molar-refractivity contribution is 5.21. The average molecular weight is 234 g/mol. The first-order valence-electron chi connectivity index (χ1n) is 6.62. The SMILES string of the molecule is CCC[C@H]1C[C@@H](c2ccccc2)[C@H](CO)CO1. The molecule has 0 saturated carbocycles. The van der Waals surface area contributed by atoms with Crippen LogP contribution in [0.25, 0.3) is 0 Å². The molecular formula is C15H22O2. The van der Waals surface area contributed by atoms with Crippen molar-refractivity contribution in [2.24, 2.45) is 5.92 Å². The first-order valence-corrected chi connectivity index (χ1v) is 6.62. The Kier molecular flexibility index (Phi) is 4.57. The molecular weight excluding hydrogens is 212 g/mol. The van der Waals surface area contributed by atoms with Crippen molar-refractivity contribution in [1.82, 2.24) is 0 Å². The number of benzene rings is 1. The second kappa shape index (κ2) is 6.18. The van der Waals surface area contributed by atoms with E-state index in [1.54, 1.807) is 0 Å². The minimum Gasteiger partial charge on any atom is -0.396 e. The molecule has 1 aromatic carbocycles. The van der Waals surface area contributed by atoms with Crippen molar-refractivity contribution in [3.05, 3.63) is 35.9 Å². The summed E-state index contributed by atoms with van der Waals surface area (Å²) in [5.74, 6) is 0.706. The summed E-state index contributed by atoms with van der Waals surface area (Å²) in [5, 5.41) is 9.46. The van der Waals surface area contributed by atoms with E-state index >= 15 is 0 Å². The van der Waals surface area contributed by atoms with Gasteiger partial charge >= 0.3 is 0 Å². The van der Waals surface area contributed by atoms with Gasteiger partial charge in [0.2, 0.25) is 0 Å². The molecule has 1 saturated heterocycles. The van der Waals surface area contributed by atoms with Crippen LogP contribution in [0, 0.1) is 5.92 Å². The summed E-state index contributed by atoms with van der Waals surface area (Å²) in [4.78, 5) is 0. The minimum absolute atomic E-state index is 0.221. The van der Waals surface area contributed by atoms with Crippen molar-refractivity contribution in [3.8, 4) is 0 Å². The van der Waals surface area contributed by atoms with Gasteiger partial charge in [-0.3, -0.25) is 0 Å². The number of aliphatic hydroxyl groups is 1. The molecule has 1 aromatic rings. The van der Waals surface area contributed by atoms with Crippen molar-refractivity contribution in [2.45, 2.75) is 38.2 Å². The number of rotatable bonds is 4. The Labute approximate surface area is 104 Å². The molecule has 3 atom stereocenters. The average Bonchev–Trinajstić information content (AvgIpc) is 2.40. The molecule has 0 aliphatic carbocycles. The number of ether oxygens (including phenoxy) is 1. The maximum atomic E-state index is 9.46. The van der Waals surface area contributed by atoms with E-state index in [0.29, 0.717) is 18.6 Å². The zero-order chi connectivity index (χ0) is 12.1. The standard InChI is InChI=1S/C15H22O2/c1-2-6-14-9-15(13(10-16)11-17-14)12-7-4-3-5-8-12/h3-5,7-8,13-16H,2,6,9-11H2,1H3/t13-,14+,15+/m1/s1. The van der Waals surface area contributed by atoms with Crippen LogP contribution >= 0.6 is 0 Å². The largest absolute Gasteiger partial charge is 0.396 e. The van der Waals surface area contributed by atoms with E-state index in [-0.39, 0.29) is 12.5 Å². The van der Waals surface area contributed by atoms with Gasteiger partial charge < -0.3 is 9.84 Å².